The second-order valence-corrected chi connectivity index (χ2v) is 3.15. The molecule has 0 bridgehead atoms. The molecule has 62 valence electrons. The standard InChI is InChI=1S/C8H15N3/c1-6(2)8(9)7-4-5-10-11(7)3/h4-6,8H,9H2,1-3H3/t8-/m1/s1. The number of hydrogen-bond donors (Lipinski definition) is 1. The zero-order chi connectivity index (χ0) is 8.43. The average Bonchev–Trinajstić information content (AvgIpc) is 2.33. The van der Waals surface area contributed by atoms with Gasteiger partial charge in [-0.3, -0.25) is 4.68 Å². The Morgan fingerprint density at radius 2 is 2.18 bits per heavy atom. The van der Waals surface area contributed by atoms with E-state index in [1.807, 2.05) is 17.8 Å². The van der Waals surface area contributed by atoms with Gasteiger partial charge in [0.1, 0.15) is 0 Å². The second-order valence-electron chi connectivity index (χ2n) is 3.15. The van der Waals surface area contributed by atoms with Crippen molar-refractivity contribution in [1.82, 2.24) is 9.78 Å². The second kappa shape index (κ2) is 3.05. The van der Waals surface area contributed by atoms with E-state index in [-0.39, 0.29) is 6.04 Å². The molecule has 1 heterocycles. The van der Waals surface area contributed by atoms with Crippen LogP contribution in [-0.2, 0) is 7.05 Å². The maximum atomic E-state index is 5.92. The summed E-state index contributed by atoms with van der Waals surface area (Å²) in [5, 5.41) is 4.06. The van der Waals surface area contributed by atoms with Gasteiger partial charge in [0.15, 0.2) is 0 Å². The summed E-state index contributed by atoms with van der Waals surface area (Å²) < 4.78 is 1.82. The van der Waals surface area contributed by atoms with Crippen molar-refractivity contribution < 1.29 is 0 Å². The predicted octanol–water partition coefficient (Wildman–Crippen LogP) is 1.08. The zero-order valence-corrected chi connectivity index (χ0v) is 7.28. The van der Waals surface area contributed by atoms with Gasteiger partial charge in [-0.05, 0) is 12.0 Å². The first-order chi connectivity index (χ1) is 5.13. The van der Waals surface area contributed by atoms with Crippen LogP contribution in [0.5, 0.6) is 0 Å². The quantitative estimate of drug-likeness (QED) is 0.690. The van der Waals surface area contributed by atoms with Gasteiger partial charge in [-0.25, -0.2) is 0 Å². The van der Waals surface area contributed by atoms with E-state index in [9.17, 15) is 0 Å². The fourth-order valence-electron chi connectivity index (χ4n) is 1.05. The molecular weight excluding hydrogens is 138 g/mol. The van der Waals surface area contributed by atoms with E-state index in [1.54, 1.807) is 6.20 Å². The fourth-order valence-corrected chi connectivity index (χ4v) is 1.05. The Morgan fingerprint density at radius 1 is 1.55 bits per heavy atom. The molecule has 0 fully saturated rings. The van der Waals surface area contributed by atoms with Crippen LogP contribution in [0.4, 0.5) is 0 Å². The van der Waals surface area contributed by atoms with Crippen LogP contribution in [0, 0.1) is 5.92 Å². The molecule has 3 heteroatoms. The molecule has 0 aliphatic rings. The van der Waals surface area contributed by atoms with Crippen LogP contribution in [0.15, 0.2) is 12.3 Å². The van der Waals surface area contributed by atoms with Gasteiger partial charge in [-0.2, -0.15) is 5.10 Å². The molecule has 0 amide bonds. The summed E-state index contributed by atoms with van der Waals surface area (Å²) in [6.45, 7) is 4.22. The highest BCUT2D eigenvalue weighted by atomic mass is 15.3. The minimum atomic E-state index is 0.0995. The third kappa shape index (κ3) is 1.60. The molecule has 11 heavy (non-hydrogen) atoms. The molecule has 0 aromatic carbocycles. The molecule has 0 unspecified atom stereocenters. The van der Waals surface area contributed by atoms with E-state index in [0.717, 1.165) is 5.69 Å². The number of nitrogens with zero attached hydrogens (tertiary/aromatic N) is 2. The minimum absolute atomic E-state index is 0.0995. The van der Waals surface area contributed by atoms with E-state index >= 15 is 0 Å². The number of aryl methyl sites for hydroxylation is 1. The number of rotatable bonds is 2. The molecule has 0 radical (unpaired) electrons. The lowest BCUT2D eigenvalue weighted by Crippen LogP contribution is -2.19. The van der Waals surface area contributed by atoms with Gasteiger partial charge in [-0.15, -0.1) is 0 Å². The highest BCUT2D eigenvalue weighted by Crippen LogP contribution is 2.16. The summed E-state index contributed by atoms with van der Waals surface area (Å²) in [6, 6.07) is 2.06. The lowest BCUT2D eigenvalue weighted by molar-refractivity contribution is 0.480. The van der Waals surface area contributed by atoms with Gasteiger partial charge in [0.05, 0.1) is 5.69 Å². The van der Waals surface area contributed by atoms with Gasteiger partial charge in [0, 0.05) is 19.3 Å². The summed E-state index contributed by atoms with van der Waals surface area (Å²) in [5.74, 6) is 0.463. The first kappa shape index (κ1) is 8.27. The van der Waals surface area contributed by atoms with Crippen molar-refractivity contribution >= 4 is 0 Å². The van der Waals surface area contributed by atoms with Crippen LogP contribution < -0.4 is 5.73 Å². The van der Waals surface area contributed by atoms with Crippen molar-refractivity contribution in [2.24, 2.45) is 18.7 Å². The Labute approximate surface area is 67.2 Å². The molecule has 0 saturated carbocycles. The van der Waals surface area contributed by atoms with E-state index < -0.39 is 0 Å². The normalized spacial score (nSPS) is 13.9. The van der Waals surface area contributed by atoms with E-state index in [0.29, 0.717) is 5.92 Å². The Kier molecular flexibility index (Phi) is 2.29. The van der Waals surface area contributed by atoms with Crippen molar-refractivity contribution in [3.8, 4) is 0 Å². The van der Waals surface area contributed by atoms with E-state index in [2.05, 4.69) is 18.9 Å². The number of hydrogen-bond acceptors (Lipinski definition) is 2. The molecule has 0 spiro atoms. The maximum absolute atomic E-state index is 5.92. The van der Waals surface area contributed by atoms with Gasteiger partial charge in [0.25, 0.3) is 0 Å². The first-order valence-electron chi connectivity index (χ1n) is 3.86. The van der Waals surface area contributed by atoms with Crippen molar-refractivity contribution in [3.05, 3.63) is 18.0 Å². The van der Waals surface area contributed by atoms with Gasteiger partial charge in [-0.1, -0.05) is 13.8 Å². The topological polar surface area (TPSA) is 43.8 Å². The molecule has 1 aromatic heterocycles. The predicted molar refractivity (Wildman–Crippen MR) is 45.0 cm³/mol. The van der Waals surface area contributed by atoms with Crippen LogP contribution in [0.1, 0.15) is 25.6 Å². The molecule has 0 saturated heterocycles. The third-order valence-electron chi connectivity index (χ3n) is 1.92. The van der Waals surface area contributed by atoms with Crippen molar-refractivity contribution in [1.29, 1.82) is 0 Å². The Balaban J connectivity index is 2.84. The highest BCUT2D eigenvalue weighted by Gasteiger charge is 2.12. The molecular formula is C8H15N3. The lowest BCUT2D eigenvalue weighted by atomic mass is 10.0. The molecule has 1 rings (SSSR count). The molecule has 1 atom stereocenters. The summed E-state index contributed by atoms with van der Waals surface area (Å²) in [6.07, 6.45) is 1.78. The smallest absolute Gasteiger partial charge is 0.0550 e. The summed E-state index contributed by atoms with van der Waals surface area (Å²) in [4.78, 5) is 0. The van der Waals surface area contributed by atoms with Crippen molar-refractivity contribution in [2.75, 3.05) is 0 Å². The lowest BCUT2D eigenvalue weighted by Gasteiger charge is -2.15. The van der Waals surface area contributed by atoms with E-state index in [1.165, 1.54) is 0 Å². The fraction of sp³-hybridized carbons (Fsp3) is 0.625. The van der Waals surface area contributed by atoms with Crippen LogP contribution in [0.25, 0.3) is 0 Å². The molecule has 0 aliphatic carbocycles. The van der Waals surface area contributed by atoms with Gasteiger partial charge in [0.2, 0.25) is 0 Å². The SMILES string of the molecule is CC(C)[C@@H](N)c1ccnn1C. The monoisotopic (exact) mass is 153 g/mol. The maximum Gasteiger partial charge on any atom is 0.0550 e. The largest absolute Gasteiger partial charge is 0.322 e. The minimum Gasteiger partial charge on any atom is -0.322 e. The zero-order valence-electron chi connectivity index (χ0n) is 7.28. The summed E-state index contributed by atoms with van der Waals surface area (Å²) in [7, 11) is 1.91. The Morgan fingerprint density at radius 3 is 2.55 bits per heavy atom. The first-order valence-corrected chi connectivity index (χ1v) is 3.86. The van der Waals surface area contributed by atoms with Crippen molar-refractivity contribution in [2.45, 2.75) is 19.9 Å². The van der Waals surface area contributed by atoms with Crippen molar-refractivity contribution in [3.63, 3.8) is 0 Å². The van der Waals surface area contributed by atoms with Crippen LogP contribution >= 0.6 is 0 Å². The molecule has 2 N–H and O–H groups in total. The number of nitrogens with two attached hydrogens (primary N) is 1. The van der Waals surface area contributed by atoms with Crippen LogP contribution in [-0.4, -0.2) is 9.78 Å². The van der Waals surface area contributed by atoms with Gasteiger partial charge < -0.3 is 5.73 Å². The number of aromatic nitrogens is 2. The third-order valence-corrected chi connectivity index (χ3v) is 1.92. The Hall–Kier alpha value is -0.830. The summed E-state index contributed by atoms with van der Waals surface area (Å²) >= 11 is 0. The van der Waals surface area contributed by atoms with E-state index in [4.69, 9.17) is 5.73 Å². The van der Waals surface area contributed by atoms with Crippen LogP contribution in [0.2, 0.25) is 0 Å². The summed E-state index contributed by atoms with van der Waals surface area (Å²) in [5.41, 5.74) is 7.02. The Bertz CT molecular complexity index is 227. The van der Waals surface area contributed by atoms with Gasteiger partial charge >= 0.3 is 0 Å². The van der Waals surface area contributed by atoms with Crippen LogP contribution in [0.3, 0.4) is 0 Å². The highest BCUT2D eigenvalue weighted by molar-refractivity contribution is 5.06. The molecule has 1 aromatic rings. The molecule has 0 aliphatic heterocycles. The average molecular weight is 153 g/mol. The molecule has 3 nitrogen and oxygen atoms in total.